The monoisotopic (exact) mass is 255 g/mol. The standard InChI is InChI=1S/C16H21N3/c1-13-4-2-5-14(8-13)11-19-12-18-10-16(19)15-6-3-7-17-9-15/h2,4-5,8,10,12,15,17H,3,6-7,9,11H2,1H3. The highest BCUT2D eigenvalue weighted by molar-refractivity contribution is 5.23. The molecular formula is C16H21N3. The van der Waals surface area contributed by atoms with Crippen LogP contribution >= 0.6 is 0 Å². The molecule has 3 heteroatoms. The maximum Gasteiger partial charge on any atom is 0.0951 e. The number of piperidine rings is 1. The molecule has 1 aromatic heterocycles. The number of hydrogen-bond acceptors (Lipinski definition) is 2. The van der Waals surface area contributed by atoms with Crippen molar-refractivity contribution in [3.05, 3.63) is 53.6 Å². The lowest BCUT2D eigenvalue weighted by molar-refractivity contribution is 0.444. The van der Waals surface area contributed by atoms with Crippen LogP contribution in [0.2, 0.25) is 0 Å². The van der Waals surface area contributed by atoms with E-state index in [2.05, 4.69) is 46.1 Å². The second-order valence-corrected chi connectivity index (χ2v) is 5.48. The molecule has 1 aromatic carbocycles. The first-order valence-electron chi connectivity index (χ1n) is 7.09. The van der Waals surface area contributed by atoms with Gasteiger partial charge in [-0.1, -0.05) is 29.8 Å². The summed E-state index contributed by atoms with van der Waals surface area (Å²) in [5, 5.41) is 3.48. The van der Waals surface area contributed by atoms with Crippen LogP contribution in [0.15, 0.2) is 36.8 Å². The van der Waals surface area contributed by atoms with Crippen LogP contribution in [0.3, 0.4) is 0 Å². The minimum Gasteiger partial charge on any atom is -0.330 e. The Morgan fingerprint density at radius 2 is 2.37 bits per heavy atom. The minimum absolute atomic E-state index is 0.612. The third-order valence-corrected chi connectivity index (χ3v) is 3.90. The van der Waals surface area contributed by atoms with Crippen LogP contribution in [0, 0.1) is 6.92 Å². The highest BCUT2D eigenvalue weighted by atomic mass is 15.1. The number of imidazole rings is 1. The summed E-state index contributed by atoms with van der Waals surface area (Å²) in [5.74, 6) is 0.612. The van der Waals surface area contributed by atoms with Gasteiger partial charge in [0.2, 0.25) is 0 Å². The molecule has 0 radical (unpaired) electrons. The number of hydrogen-bond donors (Lipinski definition) is 1. The SMILES string of the molecule is Cc1cccc(Cn2cncc2C2CCCNC2)c1. The molecule has 2 aromatic rings. The largest absolute Gasteiger partial charge is 0.330 e. The van der Waals surface area contributed by atoms with Gasteiger partial charge in [-0.25, -0.2) is 4.98 Å². The highest BCUT2D eigenvalue weighted by Crippen LogP contribution is 2.23. The predicted molar refractivity (Wildman–Crippen MR) is 77.4 cm³/mol. The van der Waals surface area contributed by atoms with E-state index < -0.39 is 0 Å². The Labute approximate surface area is 114 Å². The summed E-state index contributed by atoms with van der Waals surface area (Å²) in [6, 6.07) is 8.71. The molecule has 1 fully saturated rings. The minimum atomic E-state index is 0.612. The van der Waals surface area contributed by atoms with Gasteiger partial charge in [-0.2, -0.15) is 0 Å². The van der Waals surface area contributed by atoms with Crippen LogP contribution < -0.4 is 5.32 Å². The molecule has 0 saturated carbocycles. The molecule has 2 heterocycles. The van der Waals surface area contributed by atoms with Crippen molar-refractivity contribution in [3.63, 3.8) is 0 Å². The fourth-order valence-corrected chi connectivity index (χ4v) is 2.91. The number of nitrogens with zero attached hydrogens (tertiary/aromatic N) is 2. The fourth-order valence-electron chi connectivity index (χ4n) is 2.91. The van der Waals surface area contributed by atoms with Gasteiger partial charge in [0.25, 0.3) is 0 Å². The Kier molecular flexibility index (Phi) is 3.65. The Morgan fingerprint density at radius 1 is 1.42 bits per heavy atom. The summed E-state index contributed by atoms with van der Waals surface area (Å²) >= 11 is 0. The fraction of sp³-hybridized carbons (Fsp3) is 0.438. The Morgan fingerprint density at radius 3 is 3.16 bits per heavy atom. The summed E-state index contributed by atoms with van der Waals surface area (Å²) in [4.78, 5) is 4.35. The Balaban J connectivity index is 1.80. The quantitative estimate of drug-likeness (QED) is 0.914. The van der Waals surface area contributed by atoms with Crippen molar-refractivity contribution in [1.29, 1.82) is 0 Å². The van der Waals surface area contributed by atoms with E-state index in [1.165, 1.54) is 29.7 Å². The van der Waals surface area contributed by atoms with E-state index in [0.29, 0.717) is 5.92 Å². The molecule has 0 aliphatic carbocycles. The lowest BCUT2D eigenvalue weighted by Gasteiger charge is -2.23. The first kappa shape index (κ1) is 12.4. The molecule has 1 N–H and O–H groups in total. The van der Waals surface area contributed by atoms with Gasteiger partial charge >= 0.3 is 0 Å². The molecule has 3 rings (SSSR count). The number of rotatable bonds is 3. The Hall–Kier alpha value is -1.61. The average molecular weight is 255 g/mol. The van der Waals surface area contributed by atoms with Crippen molar-refractivity contribution in [3.8, 4) is 0 Å². The average Bonchev–Trinajstić information content (AvgIpc) is 2.88. The molecule has 0 spiro atoms. The van der Waals surface area contributed by atoms with Gasteiger partial charge in [-0.05, 0) is 31.9 Å². The summed E-state index contributed by atoms with van der Waals surface area (Å²) in [6.07, 6.45) is 6.53. The van der Waals surface area contributed by atoms with Crippen molar-refractivity contribution < 1.29 is 0 Å². The molecule has 1 aliphatic rings. The van der Waals surface area contributed by atoms with Crippen LogP contribution in [-0.2, 0) is 6.54 Å². The van der Waals surface area contributed by atoms with Crippen molar-refractivity contribution in [2.75, 3.05) is 13.1 Å². The molecular weight excluding hydrogens is 234 g/mol. The lowest BCUT2D eigenvalue weighted by atomic mass is 9.96. The molecule has 0 amide bonds. The van der Waals surface area contributed by atoms with Gasteiger partial charge in [0, 0.05) is 30.9 Å². The first-order valence-corrected chi connectivity index (χ1v) is 7.09. The van der Waals surface area contributed by atoms with E-state index in [1.807, 2.05) is 12.5 Å². The van der Waals surface area contributed by atoms with Crippen LogP contribution in [-0.4, -0.2) is 22.6 Å². The maximum absolute atomic E-state index is 4.35. The van der Waals surface area contributed by atoms with Gasteiger partial charge < -0.3 is 9.88 Å². The van der Waals surface area contributed by atoms with Crippen LogP contribution in [0.25, 0.3) is 0 Å². The number of aromatic nitrogens is 2. The molecule has 3 nitrogen and oxygen atoms in total. The van der Waals surface area contributed by atoms with Crippen LogP contribution in [0.5, 0.6) is 0 Å². The smallest absolute Gasteiger partial charge is 0.0951 e. The van der Waals surface area contributed by atoms with Gasteiger partial charge in [-0.15, -0.1) is 0 Å². The zero-order chi connectivity index (χ0) is 13.1. The molecule has 100 valence electrons. The first-order chi connectivity index (χ1) is 9.33. The molecule has 19 heavy (non-hydrogen) atoms. The number of aryl methyl sites for hydroxylation is 1. The van der Waals surface area contributed by atoms with Crippen molar-refractivity contribution in [2.45, 2.75) is 32.2 Å². The van der Waals surface area contributed by atoms with Crippen LogP contribution in [0.4, 0.5) is 0 Å². The zero-order valence-electron chi connectivity index (χ0n) is 11.5. The molecule has 0 bridgehead atoms. The molecule has 1 unspecified atom stereocenters. The molecule has 1 atom stereocenters. The summed E-state index contributed by atoms with van der Waals surface area (Å²) < 4.78 is 2.30. The topological polar surface area (TPSA) is 29.9 Å². The zero-order valence-corrected chi connectivity index (χ0v) is 11.5. The maximum atomic E-state index is 4.35. The number of benzene rings is 1. The van der Waals surface area contributed by atoms with Crippen molar-refractivity contribution in [2.24, 2.45) is 0 Å². The summed E-state index contributed by atoms with van der Waals surface area (Å²) in [5.41, 5.74) is 4.04. The van der Waals surface area contributed by atoms with Crippen molar-refractivity contribution in [1.82, 2.24) is 14.9 Å². The van der Waals surface area contributed by atoms with Gasteiger partial charge in [0.1, 0.15) is 0 Å². The van der Waals surface area contributed by atoms with Gasteiger partial charge in [0.15, 0.2) is 0 Å². The Bertz CT molecular complexity index is 538. The normalized spacial score (nSPS) is 19.5. The lowest BCUT2D eigenvalue weighted by Crippen LogP contribution is -2.29. The predicted octanol–water partition coefficient (Wildman–Crippen LogP) is 2.71. The van der Waals surface area contributed by atoms with Gasteiger partial charge in [0.05, 0.1) is 6.33 Å². The second-order valence-electron chi connectivity index (χ2n) is 5.48. The van der Waals surface area contributed by atoms with Crippen LogP contribution in [0.1, 0.15) is 35.6 Å². The van der Waals surface area contributed by atoms with E-state index in [9.17, 15) is 0 Å². The van der Waals surface area contributed by atoms with E-state index in [1.54, 1.807) is 0 Å². The summed E-state index contributed by atoms with van der Waals surface area (Å²) in [6.45, 7) is 5.30. The third kappa shape index (κ3) is 2.87. The molecule has 1 saturated heterocycles. The van der Waals surface area contributed by atoms with Crippen molar-refractivity contribution >= 4 is 0 Å². The molecule has 1 aliphatic heterocycles. The third-order valence-electron chi connectivity index (χ3n) is 3.90. The number of nitrogens with one attached hydrogen (secondary N) is 1. The van der Waals surface area contributed by atoms with E-state index >= 15 is 0 Å². The van der Waals surface area contributed by atoms with E-state index in [-0.39, 0.29) is 0 Å². The van der Waals surface area contributed by atoms with E-state index in [4.69, 9.17) is 0 Å². The highest BCUT2D eigenvalue weighted by Gasteiger charge is 2.18. The second kappa shape index (κ2) is 5.57. The summed E-state index contributed by atoms with van der Waals surface area (Å²) in [7, 11) is 0. The van der Waals surface area contributed by atoms with E-state index in [0.717, 1.165) is 19.6 Å². The van der Waals surface area contributed by atoms with Gasteiger partial charge in [-0.3, -0.25) is 0 Å².